The fraction of sp³-hybridized carbons (Fsp3) is 0.909. The molecule has 0 fully saturated rings. The number of ether oxygens (including phenoxy) is 3. The predicted molar refractivity (Wildman–Crippen MR) is 61.0 cm³/mol. The van der Waals surface area contributed by atoms with Crippen molar-refractivity contribution in [3.05, 3.63) is 0 Å². The Kier molecular flexibility index (Phi) is 9.18. The minimum atomic E-state index is -0.243. The molecular formula is C11H23NO4. The second-order valence-electron chi connectivity index (χ2n) is 3.86. The number of esters is 1. The minimum absolute atomic E-state index is 0.201. The number of carbonyl (C=O) groups is 1. The Balaban J connectivity index is 3.56. The molecule has 0 saturated heterocycles. The molecule has 0 aromatic rings. The van der Waals surface area contributed by atoms with Crippen LogP contribution in [0.5, 0.6) is 0 Å². The van der Waals surface area contributed by atoms with Gasteiger partial charge >= 0.3 is 5.97 Å². The number of rotatable bonds is 9. The quantitative estimate of drug-likeness (QED) is 0.462. The average molecular weight is 233 g/mol. The van der Waals surface area contributed by atoms with Gasteiger partial charge in [0.15, 0.2) is 0 Å². The van der Waals surface area contributed by atoms with Crippen LogP contribution in [0.3, 0.4) is 0 Å². The highest BCUT2D eigenvalue weighted by Gasteiger charge is 2.21. The van der Waals surface area contributed by atoms with Crippen molar-refractivity contribution in [1.82, 2.24) is 0 Å². The molecule has 5 heteroatoms. The van der Waals surface area contributed by atoms with E-state index in [0.717, 1.165) is 0 Å². The van der Waals surface area contributed by atoms with Crippen molar-refractivity contribution in [2.45, 2.75) is 13.8 Å². The van der Waals surface area contributed by atoms with Gasteiger partial charge in [0.1, 0.15) is 6.61 Å². The molecule has 2 N–H and O–H groups in total. The normalized spacial score (nSPS) is 12.8. The second kappa shape index (κ2) is 9.57. The maximum Gasteiger partial charge on any atom is 0.310 e. The Labute approximate surface area is 97.2 Å². The summed E-state index contributed by atoms with van der Waals surface area (Å²) in [5, 5.41) is 0. The Morgan fingerprint density at radius 3 is 2.31 bits per heavy atom. The van der Waals surface area contributed by atoms with E-state index in [9.17, 15) is 4.79 Å². The highest BCUT2D eigenvalue weighted by molar-refractivity contribution is 5.72. The predicted octanol–water partition coefficient (Wildman–Crippen LogP) is 0.424. The number of hydrogen-bond acceptors (Lipinski definition) is 5. The maximum absolute atomic E-state index is 11.5. The van der Waals surface area contributed by atoms with Crippen LogP contribution in [0.4, 0.5) is 0 Å². The highest BCUT2D eigenvalue weighted by Crippen LogP contribution is 2.10. The molecule has 16 heavy (non-hydrogen) atoms. The molecule has 1 unspecified atom stereocenters. The molecule has 0 aromatic carbocycles. The van der Waals surface area contributed by atoms with Crippen LogP contribution in [0.1, 0.15) is 13.8 Å². The molecular weight excluding hydrogens is 210 g/mol. The van der Waals surface area contributed by atoms with E-state index in [1.54, 1.807) is 7.11 Å². The van der Waals surface area contributed by atoms with Gasteiger partial charge in [-0.3, -0.25) is 4.79 Å². The van der Waals surface area contributed by atoms with Crippen molar-refractivity contribution in [3.63, 3.8) is 0 Å². The first kappa shape index (κ1) is 15.3. The molecule has 0 bridgehead atoms. The number of hydrogen-bond donors (Lipinski definition) is 1. The Morgan fingerprint density at radius 1 is 1.19 bits per heavy atom. The van der Waals surface area contributed by atoms with Gasteiger partial charge in [0.05, 0.1) is 25.7 Å². The van der Waals surface area contributed by atoms with Gasteiger partial charge < -0.3 is 19.9 Å². The standard InChI is InChI=1S/C11H23NO4/c1-9(2)10(8-12)11(13)16-7-6-15-5-4-14-3/h9-10H,4-8,12H2,1-3H3. The summed E-state index contributed by atoms with van der Waals surface area (Å²) in [6.45, 7) is 5.95. The van der Waals surface area contributed by atoms with Crippen molar-refractivity contribution in [1.29, 1.82) is 0 Å². The van der Waals surface area contributed by atoms with Crippen LogP contribution in [0.25, 0.3) is 0 Å². The smallest absolute Gasteiger partial charge is 0.310 e. The average Bonchev–Trinajstić information content (AvgIpc) is 2.23. The van der Waals surface area contributed by atoms with E-state index in [2.05, 4.69) is 0 Å². The van der Waals surface area contributed by atoms with Crippen LogP contribution in [-0.2, 0) is 19.0 Å². The number of carbonyl (C=O) groups excluding carboxylic acids is 1. The molecule has 0 heterocycles. The Morgan fingerprint density at radius 2 is 1.81 bits per heavy atom. The minimum Gasteiger partial charge on any atom is -0.463 e. The van der Waals surface area contributed by atoms with Crippen molar-refractivity contribution in [3.8, 4) is 0 Å². The van der Waals surface area contributed by atoms with Crippen LogP contribution in [0.15, 0.2) is 0 Å². The molecule has 0 amide bonds. The van der Waals surface area contributed by atoms with E-state index in [1.807, 2.05) is 13.8 Å². The van der Waals surface area contributed by atoms with Gasteiger partial charge in [-0.15, -0.1) is 0 Å². The van der Waals surface area contributed by atoms with Crippen molar-refractivity contribution < 1.29 is 19.0 Å². The van der Waals surface area contributed by atoms with E-state index in [-0.39, 0.29) is 24.4 Å². The molecule has 0 spiro atoms. The molecule has 1 atom stereocenters. The van der Waals surface area contributed by atoms with E-state index in [4.69, 9.17) is 19.9 Å². The topological polar surface area (TPSA) is 70.8 Å². The lowest BCUT2D eigenvalue weighted by molar-refractivity contribution is -0.151. The zero-order valence-corrected chi connectivity index (χ0v) is 10.4. The van der Waals surface area contributed by atoms with Gasteiger partial charge in [-0.05, 0) is 5.92 Å². The third-order valence-electron chi connectivity index (χ3n) is 2.27. The first-order valence-electron chi connectivity index (χ1n) is 5.56. The zero-order valence-electron chi connectivity index (χ0n) is 10.4. The zero-order chi connectivity index (χ0) is 12.4. The van der Waals surface area contributed by atoms with Gasteiger partial charge in [0, 0.05) is 13.7 Å². The van der Waals surface area contributed by atoms with Crippen molar-refractivity contribution in [2.24, 2.45) is 17.6 Å². The third kappa shape index (κ3) is 6.76. The Bertz CT molecular complexity index is 185. The lowest BCUT2D eigenvalue weighted by Gasteiger charge is -2.17. The molecule has 0 radical (unpaired) electrons. The SMILES string of the molecule is COCCOCCOC(=O)C(CN)C(C)C. The van der Waals surface area contributed by atoms with Crippen LogP contribution in [-0.4, -0.2) is 46.1 Å². The summed E-state index contributed by atoms with van der Waals surface area (Å²) < 4.78 is 15.0. The van der Waals surface area contributed by atoms with Crippen molar-refractivity contribution >= 4 is 5.97 Å². The monoisotopic (exact) mass is 233 g/mol. The molecule has 96 valence electrons. The lowest BCUT2D eigenvalue weighted by atomic mass is 9.96. The molecule has 0 rings (SSSR count). The van der Waals surface area contributed by atoms with E-state index < -0.39 is 0 Å². The largest absolute Gasteiger partial charge is 0.463 e. The van der Waals surface area contributed by atoms with Crippen LogP contribution >= 0.6 is 0 Å². The third-order valence-corrected chi connectivity index (χ3v) is 2.27. The van der Waals surface area contributed by atoms with E-state index >= 15 is 0 Å². The number of nitrogens with two attached hydrogens (primary N) is 1. The number of methoxy groups -OCH3 is 1. The van der Waals surface area contributed by atoms with E-state index in [0.29, 0.717) is 26.4 Å². The molecule has 5 nitrogen and oxygen atoms in total. The summed E-state index contributed by atoms with van der Waals surface area (Å²) in [6.07, 6.45) is 0. The summed E-state index contributed by atoms with van der Waals surface area (Å²) >= 11 is 0. The highest BCUT2D eigenvalue weighted by atomic mass is 16.6. The van der Waals surface area contributed by atoms with Crippen LogP contribution < -0.4 is 5.73 Å². The summed E-state index contributed by atoms with van der Waals surface area (Å²) in [6, 6.07) is 0. The van der Waals surface area contributed by atoms with Gasteiger partial charge in [0.2, 0.25) is 0 Å². The summed E-state index contributed by atoms with van der Waals surface area (Å²) in [5.41, 5.74) is 5.50. The fourth-order valence-electron chi connectivity index (χ4n) is 1.19. The molecule has 0 aliphatic carbocycles. The summed E-state index contributed by atoms with van der Waals surface area (Å²) in [4.78, 5) is 11.5. The van der Waals surface area contributed by atoms with E-state index in [1.165, 1.54) is 0 Å². The summed E-state index contributed by atoms with van der Waals surface area (Å²) in [7, 11) is 1.61. The van der Waals surface area contributed by atoms with Gasteiger partial charge in [-0.25, -0.2) is 0 Å². The first-order valence-corrected chi connectivity index (χ1v) is 5.56. The molecule has 0 aliphatic heterocycles. The maximum atomic E-state index is 11.5. The Hall–Kier alpha value is -0.650. The van der Waals surface area contributed by atoms with Crippen molar-refractivity contribution in [2.75, 3.05) is 40.1 Å². The first-order chi connectivity index (χ1) is 7.63. The summed E-state index contributed by atoms with van der Waals surface area (Å²) in [5.74, 6) is -0.265. The molecule has 0 aromatic heterocycles. The molecule has 0 saturated carbocycles. The lowest BCUT2D eigenvalue weighted by Crippen LogP contribution is -2.30. The fourth-order valence-corrected chi connectivity index (χ4v) is 1.19. The molecule has 0 aliphatic rings. The van der Waals surface area contributed by atoms with Crippen LogP contribution in [0.2, 0.25) is 0 Å². The van der Waals surface area contributed by atoms with Gasteiger partial charge in [-0.1, -0.05) is 13.8 Å². The van der Waals surface area contributed by atoms with Gasteiger partial charge in [0.25, 0.3) is 0 Å². The van der Waals surface area contributed by atoms with Crippen LogP contribution in [0, 0.1) is 11.8 Å². The second-order valence-corrected chi connectivity index (χ2v) is 3.86. The van der Waals surface area contributed by atoms with Gasteiger partial charge in [-0.2, -0.15) is 0 Å².